The summed E-state index contributed by atoms with van der Waals surface area (Å²) in [6.45, 7) is 7.94. The van der Waals surface area contributed by atoms with E-state index in [2.05, 4.69) is 21.0 Å². The molecule has 0 bridgehead atoms. The Bertz CT molecular complexity index is 1440. The number of halogens is 1. The zero-order chi connectivity index (χ0) is 25.4. The summed E-state index contributed by atoms with van der Waals surface area (Å²) < 4.78 is 7.87. The van der Waals surface area contributed by atoms with Gasteiger partial charge in [0.05, 0.1) is 35.6 Å². The van der Waals surface area contributed by atoms with Gasteiger partial charge in [-0.1, -0.05) is 17.7 Å². The van der Waals surface area contributed by atoms with Crippen LogP contribution in [0.5, 0.6) is 5.75 Å². The van der Waals surface area contributed by atoms with E-state index < -0.39 is 0 Å². The summed E-state index contributed by atoms with van der Waals surface area (Å²) in [5.41, 5.74) is 13.1. The normalized spacial score (nSPS) is 12.7. The molecule has 9 heteroatoms. The number of hydrogen-bond acceptors (Lipinski definition) is 7. The van der Waals surface area contributed by atoms with E-state index >= 15 is 0 Å². The van der Waals surface area contributed by atoms with Crippen molar-refractivity contribution in [3.63, 3.8) is 0 Å². The Hall–Kier alpha value is -3.65. The summed E-state index contributed by atoms with van der Waals surface area (Å²) in [5, 5.41) is 6.13. The molecule has 4 rings (SSSR count). The predicted octanol–water partition coefficient (Wildman–Crippen LogP) is 5.28. The molecule has 1 aromatic carbocycles. The molecule has 0 amide bonds. The van der Waals surface area contributed by atoms with Crippen LogP contribution in [0, 0.1) is 13.8 Å². The van der Waals surface area contributed by atoms with Crippen molar-refractivity contribution in [2.45, 2.75) is 33.7 Å². The zero-order valence-corrected chi connectivity index (χ0v) is 21.8. The van der Waals surface area contributed by atoms with Crippen molar-refractivity contribution in [2.24, 2.45) is 0 Å². The number of nitrogens with two attached hydrogens (primary N) is 1. The molecule has 0 aliphatic rings. The fourth-order valence-corrected chi connectivity index (χ4v) is 4.77. The van der Waals surface area contributed by atoms with E-state index in [0.717, 1.165) is 50.5 Å². The second-order valence-corrected chi connectivity index (χ2v) is 9.05. The van der Waals surface area contributed by atoms with Crippen LogP contribution in [0.15, 0.2) is 36.8 Å². The third kappa shape index (κ3) is 4.18. The maximum absolute atomic E-state index is 6.79. The van der Waals surface area contributed by atoms with Gasteiger partial charge >= 0.3 is 0 Å². The number of benzene rings is 1. The standard InChI is InChI=1S/C26H30ClN7O/c1-8-21(33(5)6)20-11-17(9-10-29-20)22-14(2)19(27)12-18(24(22)35-7)16(4)34-26-23(15(3)32-34)25(28)30-13-31-26/h8-13,16H,1-7H3,(H2,28,30,31)/b21-8+. The summed E-state index contributed by atoms with van der Waals surface area (Å²) in [4.78, 5) is 15.2. The molecule has 3 heterocycles. The van der Waals surface area contributed by atoms with Crippen LogP contribution < -0.4 is 10.5 Å². The van der Waals surface area contributed by atoms with Gasteiger partial charge in [-0.3, -0.25) is 4.98 Å². The minimum atomic E-state index is -0.235. The number of hydrogen-bond donors (Lipinski definition) is 1. The number of allylic oxidation sites excluding steroid dienone is 1. The Balaban J connectivity index is 1.94. The Kier molecular flexibility index (Phi) is 6.67. The van der Waals surface area contributed by atoms with Crippen molar-refractivity contribution >= 4 is 34.1 Å². The average Bonchev–Trinajstić information content (AvgIpc) is 3.18. The molecule has 182 valence electrons. The Morgan fingerprint density at radius 2 is 1.94 bits per heavy atom. The van der Waals surface area contributed by atoms with Gasteiger partial charge in [-0.25, -0.2) is 14.6 Å². The molecular formula is C26H30ClN7O. The topological polar surface area (TPSA) is 95.0 Å². The number of fused-ring (bicyclic) bond motifs is 1. The second-order valence-electron chi connectivity index (χ2n) is 8.64. The Morgan fingerprint density at radius 1 is 1.20 bits per heavy atom. The minimum absolute atomic E-state index is 0.235. The van der Waals surface area contributed by atoms with E-state index in [1.165, 1.54) is 6.33 Å². The monoisotopic (exact) mass is 491 g/mol. The molecule has 0 spiro atoms. The van der Waals surface area contributed by atoms with Gasteiger partial charge in [0, 0.05) is 36.4 Å². The number of aromatic nitrogens is 5. The first-order valence-electron chi connectivity index (χ1n) is 11.3. The van der Waals surface area contributed by atoms with Gasteiger partial charge in [-0.15, -0.1) is 0 Å². The number of anilines is 1. The van der Waals surface area contributed by atoms with E-state index in [1.807, 2.05) is 75.8 Å². The Morgan fingerprint density at radius 3 is 2.60 bits per heavy atom. The summed E-state index contributed by atoms with van der Waals surface area (Å²) in [7, 11) is 5.68. The summed E-state index contributed by atoms with van der Waals surface area (Å²) in [6.07, 6.45) is 5.31. The summed E-state index contributed by atoms with van der Waals surface area (Å²) in [5.74, 6) is 1.14. The molecule has 8 nitrogen and oxygen atoms in total. The van der Waals surface area contributed by atoms with Crippen molar-refractivity contribution in [1.82, 2.24) is 29.6 Å². The van der Waals surface area contributed by atoms with Crippen LogP contribution in [0.25, 0.3) is 27.9 Å². The van der Waals surface area contributed by atoms with Crippen molar-refractivity contribution in [3.05, 3.63) is 64.3 Å². The average molecular weight is 492 g/mol. The van der Waals surface area contributed by atoms with E-state index in [-0.39, 0.29) is 6.04 Å². The highest BCUT2D eigenvalue weighted by molar-refractivity contribution is 6.32. The molecule has 0 aliphatic carbocycles. The van der Waals surface area contributed by atoms with Crippen LogP contribution in [0.2, 0.25) is 5.02 Å². The molecule has 3 aromatic heterocycles. The molecule has 0 fully saturated rings. The fourth-order valence-electron chi connectivity index (χ4n) is 4.55. The minimum Gasteiger partial charge on any atom is -0.496 e. The van der Waals surface area contributed by atoms with Gasteiger partial charge in [0.25, 0.3) is 0 Å². The van der Waals surface area contributed by atoms with E-state index in [0.29, 0.717) is 16.5 Å². The van der Waals surface area contributed by atoms with E-state index in [4.69, 9.17) is 27.2 Å². The number of ether oxygens (including phenoxy) is 1. The van der Waals surface area contributed by atoms with Crippen LogP contribution in [0.1, 0.15) is 42.4 Å². The molecular weight excluding hydrogens is 462 g/mol. The van der Waals surface area contributed by atoms with Gasteiger partial charge in [-0.2, -0.15) is 5.10 Å². The van der Waals surface area contributed by atoms with Crippen molar-refractivity contribution < 1.29 is 4.74 Å². The highest BCUT2D eigenvalue weighted by Gasteiger charge is 2.25. The summed E-state index contributed by atoms with van der Waals surface area (Å²) in [6, 6.07) is 5.74. The third-order valence-corrected chi connectivity index (χ3v) is 6.68. The predicted molar refractivity (Wildman–Crippen MR) is 142 cm³/mol. The van der Waals surface area contributed by atoms with Crippen molar-refractivity contribution in [1.29, 1.82) is 0 Å². The lowest BCUT2D eigenvalue weighted by Gasteiger charge is -2.23. The lowest BCUT2D eigenvalue weighted by atomic mass is 9.93. The number of methoxy groups -OCH3 is 1. The quantitative estimate of drug-likeness (QED) is 0.392. The van der Waals surface area contributed by atoms with Crippen LogP contribution in [0.3, 0.4) is 0 Å². The smallest absolute Gasteiger partial charge is 0.164 e. The molecule has 0 aliphatic heterocycles. The highest BCUT2D eigenvalue weighted by Crippen LogP contribution is 2.43. The molecule has 0 radical (unpaired) electrons. The molecule has 4 aromatic rings. The molecule has 0 saturated carbocycles. The van der Waals surface area contributed by atoms with Crippen LogP contribution in [0.4, 0.5) is 5.82 Å². The van der Waals surface area contributed by atoms with Gasteiger partial charge in [0.1, 0.15) is 17.9 Å². The van der Waals surface area contributed by atoms with E-state index in [9.17, 15) is 0 Å². The first-order chi connectivity index (χ1) is 16.7. The molecule has 35 heavy (non-hydrogen) atoms. The maximum Gasteiger partial charge on any atom is 0.164 e. The van der Waals surface area contributed by atoms with Gasteiger partial charge < -0.3 is 15.4 Å². The van der Waals surface area contributed by atoms with Crippen molar-refractivity contribution in [3.8, 4) is 16.9 Å². The third-order valence-electron chi connectivity index (χ3n) is 6.29. The largest absolute Gasteiger partial charge is 0.496 e. The Labute approximate surface area is 210 Å². The molecule has 1 atom stereocenters. The molecule has 0 saturated heterocycles. The number of nitrogens with zero attached hydrogens (tertiary/aromatic N) is 6. The molecule has 1 unspecified atom stereocenters. The van der Waals surface area contributed by atoms with Gasteiger partial charge in [0.2, 0.25) is 0 Å². The van der Waals surface area contributed by atoms with Crippen molar-refractivity contribution in [2.75, 3.05) is 26.9 Å². The fraction of sp³-hybridized carbons (Fsp3) is 0.308. The van der Waals surface area contributed by atoms with Crippen LogP contribution in [-0.2, 0) is 0 Å². The lowest BCUT2D eigenvalue weighted by Crippen LogP contribution is -2.12. The maximum atomic E-state index is 6.79. The number of pyridine rings is 1. The number of nitrogen functional groups attached to an aromatic ring is 1. The lowest BCUT2D eigenvalue weighted by molar-refractivity contribution is 0.402. The van der Waals surface area contributed by atoms with Crippen LogP contribution >= 0.6 is 11.6 Å². The first-order valence-corrected chi connectivity index (χ1v) is 11.7. The van der Waals surface area contributed by atoms with Gasteiger partial charge in [0.15, 0.2) is 5.65 Å². The summed E-state index contributed by atoms with van der Waals surface area (Å²) >= 11 is 6.79. The zero-order valence-electron chi connectivity index (χ0n) is 21.1. The number of aryl methyl sites for hydroxylation is 1. The van der Waals surface area contributed by atoms with E-state index in [1.54, 1.807) is 7.11 Å². The van der Waals surface area contributed by atoms with Crippen LogP contribution in [-0.4, -0.2) is 50.8 Å². The first kappa shape index (κ1) is 24.5. The SMILES string of the molecule is C/C=C(\c1cc(-c2c(C)c(Cl)cc(C(C)n3nc(C)c4c(N)ncnc43)c2OC)ccn1)N(C)C. The molecule has 2 N–H and O–H groups in total. The number of rotatable bonds is 6. The second kappa shape index (κ2) is 9.54. The highest BCUT2D eigenvalue weighted by atomic mass is 35.5. The van der Waals surface area contributed by atoms with Gasteiger partial charge in [-0.05, 0) is 57.0 Å².